The minimum Gasteiger partial charge on any atom is -0.444 e. The Balaban J connectivity index is 2.37. The molecule has 0 heterocycles. The van der Waals surface area contributed by atoms with Gasteiger partial charge in [-0.15, -0.1) is 0 Å². The minimum absolute atomic E-state index is 0.0460. The van der Waals surface area contributed by atoms with E-state index in [0.29, 0.717) is 25.6 Å². The Kier molecular flexibility index (Phi) is 9.96. The number of guanidine groups is 1. The van der Waals surface area contributed by atoms with Gasteiger partial charge in [-0.05, 0) is 40.0 Å². The molecule has 1 saturated carbocycles. The van der Waals surface area contributed by atoms with Gasteiger partial charge < -0.3 is 26.0 Å². The third-order valence-electron chi connectivity index (χ3n) is 4.03. The van der Waals surface area contributed by atoms with Crippen molar-refractivity contribution in [3.63, 3.8) is 0 Å². The molecular formula is C19H37N5O3. The topological polar surface area (TPSA) is 104 Å². The number of carbonyl (C=O) groups excluding carboxylic acids is 2. The van der Waals surface area contributed by atoms with Crippen molar-refractivity contribution in [2.45, 2.75) is 71.4 Å². The zero-order valence-corrected chi connectivity index (χ0v) is 17.5. The SMILES string of the molecule is CCCCC(CNC(=O)OC(C)(C)C)NC(=NC)NCCNC(=O)C1CC1. The number of ether oxygens (including phenoxy) is 1. The van der Waals surface area contributed by atoms with Crippen molar-refractivity contribution >= 4 is 18.0 Å². The molecular weight excluding hydrogens is 346 g/mol. The summed E-state index contributed by atoms with van der Waals surface area (Å²) in [6, 6.07) is 0.0460. The van der Waals surface area contributed by atoms with Crippen LogP contribution in [0.2, 0.25) is 0 Å². The molecule has 4 N–H and O–H groups in total. The molecule has 0 saturated heterocycles. The number of amides is 2. The molecule has 0 radical (unpaired) electrons. The first kappa shape index (κ1) is 23.0. The molecule has 1 unspecified atom stereocenters. The summed E-state index contributed by atoms with van der Waals surface area (Å²) in [7, 11) is 1.70. The standard InChI is InChI=1S/C19H37N5O3/c1-6-7-8-15(13-23-18(26)27-19(2,3)4)24-17(20-5)22-12-11-21-16(25)14-9-10-14/h14-15H,6-13H2,1-5H3,(H,21,25)(H,23,26)(H2,20,22,24). The van der Waals surface area contributed by atoms with Crippen molar-refractivity contribution in [2.24, 2.45) is 10.9 Å². The number of aliphatic imine (C=N–C) groups is 1. The average Bonchev–Trinajstić information content (AvgIpc) is 3.42. The quantitative estimate of drug-likeness (QED) is 0.261. The first-order valence-electron chi connectivity index (χ1n) is 9.97. The van der Waals surface area contributed by atoms with Crippen LogP contribution in [-0.2, 0) is 9.53 Å². The van der Waals surface area contributed by atoms with Crippen LogP contribution < -0.4 is 21.3 Å². The second-order valence-electron chi connectivity index (χ2n) is 7.93. The van der Waals surface area contributed by atoms with E-state index in [4.69, 9.17) is 4.74 Å². The molecule has 1 fully saturated rings. The molecule has 1 aliphatic carbocycles. The lowest BCUT2D eigenvalue weighted by atomic mass is 10.1. The first-order valence-corrected chi connectivity index (χ1v) is 9.97. The van der Waals surface area contributed by atoms with Crippen LogP contribution in [0.15, 0.2) is 4.99 Å². The summed E-state index contributed by atoms with van der Waals surface area (Å²) in [6.07, 6.45) is 4.62. The molecule has 1 atom stereocenters. The lowest BCUT2D eigenvalue weighted by molar-refractivity contribution is -0.122. The van der Waals surface area contributed by atoms with Gasteiger partial charge in [0, 0.05) is 38.6 Å². The number of alkyl carbamates (subject to hydrolysis) is 1. The van der Waals surface area contributed by atoms with Crippen LogP contribution in [0.25, 0.3) is 0 Å². The highest BCUT2D eigenvalue weighted by Gasteiger charge is 2.29. The Morgan fingerprint density at radius 3 is 2.37 bits per heavy atom. The number of nitrogens with zero attached hydrogens (tertiary/aromatic N) is 1. The molecule has 0 spiro atoms. The summed E-state index contributed by atoms with van der Waals surface area (Å²) in [5.41, 5.74) is -0.515. The lowest BCUT2D eigenvalue weighted by Crippen LogP contribution is -2.50. The van der Waals surface area contributed by atoms with Crippen LogP contribution in [0.4, 0.5) is 4.79 Å². The molecule has 0 aromatic carbocycles. The van der Waals surface area contributed by atoms with Crippen molar-refractivity contribution in [1.29, 1.82) is 0 Å². The fourth-order valence-electron chi connectivity index (χ4n) is 2.44. The van der Waals surface area contributed by atoms with Gasteiger partial charge in [0.25, 0.3) is 0 Å². The Hall–Kier alpha value is -1.99. The molecule has 8 heteroatoms. The monoisotopic (exact) mass is 383 g/mol. The normalized spacial score (nSPS) is 15.7. The van der Waals surface area contributed by atoms with Gasteiger partial charge >= 0.3 is 6.09 Å². The van der Waals surface area contributed by atoms with E-state index in [1.54, 1.807) is 7.05 Å². The molecule has 1 aliphatic rings. The number of rotatable bonds is 10. The van der Waals surface area contributed by atoms with E-state index in [-0.39, 0.29) is 17.9 Å². The second kappa shape index (κ2) is 11.7. The summed E-state index contributed by atoms with van der Waals surface area (Å²) < 4.78 is 5.29. The van der Waals surface area contributed by atoms with Gasteiger partial charge in [0.1, 0.15) is 5.60 Å². The van der Waals surface area contributed by atoms with Crippen molar-refractivity contribution in [3.8, 4) is 0 Å². The van der Waals surface area contributed by atoms with Gasteiger partial charge in [-0.3, -0.25) is 9.79 Å². The van der Waals surface area contributed by atoms with Crippen LogP contribution in [0, 0.1) is 5.92 Å². The molecule has 0 aliphatic heterocycles. The van der Waals surface area contributed by atoms with Crippen molar-refractivity contribution in [1.82, 2.24) is 21.3 Å². The average molecular weight is 384 g/mol. The zero-order valence-electron chi connectivity index (χ0n) is 17.5. The van der Waals surface area contributed by atoms with Gasteiger partial charge in [0.05, 0.1) is 0 Å². The minimum atomic E-state index is -0.515. The predicted molar refractivity (Wildman–Crippen MR) is 108 cm³/mol. The van der Waals surface area contributed by atoms with Crippen LogP contribution in [-0.4, -0.2) is 56.3 Å². The number of nitrogens with one attached hydrogen (secondary N) is 4. The van der Waals surface area contributed by atoms with Gasteiger partial charge in [-0.2, -0.15) is 0 Å². The number of carbonyl (C=O) groups is 2. The molecule has 0 bridgehead atoms. The van der Waals surface area contributed by atoms with Crippen LogP contribution >= 0.6 is 0 Å². The number of hydrogen-bond donors (Lipinski definition) is 4. The van der Waals surface area contributed by atoms with Crippen LogP contribution in [0.1, 0.15) is 59.8 Å². The Labute approximate surface area is 163 Å². The van der Waals surface area contributed by atoms with Crippen LogP contribution in [0.3, 0.4) is 0 Å². The van der Waals surface area contributed by atoms with E-state index in [1.165, 1.54) is 0 Å². The maximum absolute atomic E-state index is 11.9. The van der Waals surface area contributed by atoms with Crippen LogP contribution in [0.5, 0.6) is 0 Å². The van der Waals surface area contributed by atoms with E-state index in [1.807, 2.05) is 20.8 Å². The highest BCUT2D eigenvalue weighted by Crippen LogP contribution is 2.28. The predicted octanol–water partition coefficient (Wildman–Crippen LogP) is 1.76. The van der Waals surface area contributed by atoms with E-state index < -0.39 is 11.7 Å². The highest BCUT2D eigenvalue weighted by molar-refractivity contribution is 5.81. The number of unbranched alkanes of at least 4 members (excludes halogenated alkanes) is 1. The van der Waals surface area contributed by atoms with E-state index in [9.17, 15) is 9.59 Å². The molecule has 0 aromatic heterocycles. The Bertz CT molecular complexity index is 498. The third kappa shape index (κ3) is 11.4. The molecule has 2 amide bonds. The molecule has 0 aromatic rings. The fourth-order valence-corrected chi connectivity index (χ4v) is 2.44. The van der Waals surface area contributed by atoms with Gasteiger partial charge in [-0.25, -0.2) is 4.79 Å². The summed E-state index contributed by atoms with van der Waals surface area (Å²) in [4.78, 5) is 27.7. The van der Waals surface area contributed by atoms with Crippen molar-refractivity contribution < 1.29 is 14.3 Å². The van der Waals surface area contributed by atoms with Crippen molar-refractivity contribution in [3.05, 3.63) is 0 Å². The number of hydrogen-bond acceptors (Lipinski definition) is 4. The van der Waals surface area contributed by atoms with E-state index in [2.05, 4.69) is 33.2 Å². The Morgan fingerprint density at radius 2 is 1.81 bits per heavy atom. The molecule has 156 valence electrons. The van der Waals surface area contributed by atoms with Gasteiger partial charge in [-0.1, -0.05) is 19.8 Å². The maximum Gasteiger partial charge on any atom is 0.407 e. The molecule has 8 nitrogen and oxygen atoms in total. The zero-order chi connectivity index (χ0) is 20.3. The largest absolute Gasteiger partial charge is 0.444 e. The lowest BCUT2D eigenvalue weighted by Gasteiger charge is -2.24. The molecule has 27 heavy (non-hydrogen) atoms. The summed E-state index contributed by atoms with van der Waals surface area (Å²) in [5, 5.41) is 12.3. The fraction of sp³-hybridized carbons (Fsp3) is 0.842. The highest BCUT2D eigenvalue weighted by atomic mass is 16.6. The van der Waals surface area contributed by atoms with Crippen molar-refractivity contribution in [2.75, 3.05) is 26.7 Å². The third-order valence-corrected chi connectivity index (χ3v) is 4.03. The summed E-state index contributed by atoms with van der Waals surface area (Å²) >= 11 is 0. The summed E-state index contributed by atoms with van der Waals surface area (Å²) in [6.45, 7) is 9.26. The van der Waals surface area contributed by atoms with Gasteiger partial charge in [0.2, 0.25) is 5.91 Å². The summed E-state index contributed by atoms with van der Waals surface area (Å²) in [5.74, 6) is 1.02. The maximum atomic E-state index is 11.9. The van der Waals surface area contributed by atoms with Gasteiger partial charge in [0.15, 0.2) is 5.96 Å². The van der Waals surface area contributed by atoms with E-state index >= 15 is 0 Å². The second-order valence-corrected chi connectivity index (χ2v) is 7.93. The Morgan fingerprint density at radius 1 is 1.15 bits per heavy atom. The smallest absolute Gasteiger partial charge is 0.407 e. The first-order chi connectivity index (χ1) is 12.7. The molecule has 1 rings (SSSR count). The van der Waals surface area contributed by atoms with E-state index in [0.717, 1.165) is 32.1 Å².